The fraction of sp³-hybridized carbons (Fsp3) is 0.588. The molecule has 0 radical (unpaired) electrons. The molecule has 6 nitrogen and oxygen atoms in total. The van der Waals surface area contributed by atoms with Crippen molar-refractivity contribution in [1.82, 2.24) is 19.9 Å². The van der Waals surface area contributed by atoms with Crippen molar-refractivity contribution in [3.8, 4) is 0 Å². The first-order valence-electron chi connectivity index (χ1n) is 8.51. The fourth-order valence-corrected chi connectivity index (χ4v) is 4.39. The molecular weight excluding hydrogens is 322 g/mol. The van der Waals surface area contributed by atoms with Gasteiger partial charge in [-0.3, -0.25) is 4.90 Å². The predicted molar refractivity (Wildman–Crippen MR) is 94.1 cm³/mol. The van der Waals surface area contributed by atoms with Gasteiger partial charge in [0.15, 0.2) is 0 Å². The zero-order valence-corrected chi connectivity index (χ0v) is 14.8. The number of nitrogens with one attached hydrogen (secondary N) is 1. The third-order valence-electron chi connectivity index (χ3n) is 4.98. The minimum absolute atomic E-state index is 0.0626. The molecule has 0 bridgehead atoms. The maximum Gasteiger partial charge on any atom is 0.222 e. The lowest BCUT2D eigenvalue weighted by molar-refractivity contribution is -0.136. The average molecular weight is 345 g/mol. The molecule has 7 heteroatoms. The van der Waals surface area contributed by atoms with E-state index in [4.69, 9.17) is 4.74 Å². The average Bonchev–Trinajstić information content (AvgIpc) is 3.19. The van der Waals surface area contributed by atoms with Gasteiger partial charge in [0, 0.05) is 50.2 Å². The number of nitrogens with zero attached hydrogens (tertiary/aromatic N) is 4. The molecule has 0 aliphatic carbocycles. The number of ether oxygens (including phenoxy) is 1. The lowest BCUT2D eigenvalue weighted by Gasteiger charge is -2.50. The summed E-state index contributed by atoms with van der Waals surface area (Å²) in [5.74, 6) is 1.33. The molecule has 128 valence electrons. The summed E-state index contributed by atoms with van der Waals surface area (Å²) in [4.78, 5) is 15.4. The lowest BCUT2D eigenvalue weighted by Crippen LogP contribution is -2.64. The predicted octanol–water partition coefficient (Wildman–Crippen LogP) is 2.33. The largest absolute Gasteiger partial charge is 0.372 e. The smallest absolute Gasteiger partial charge is 0.222 e. The number of aryl methyl sites for hydroxylation is 1. The van der Waals surface area contributed by atoms with Crippen molar-refractivity contribution in [2.75, 3.05) is 31.6 Å². The first-order chi connectivity index (χ1) is 11.7. The summed E-state index contributed by atoms with van der Waals surface area (Å²) < 4.78 is 6.14. The monoisotopic (exact) mass is 345 g/mol. The van der Waals surface area contributed by atoms with Crippen LogP contribution < -0.4 is 5.32 Å². The molecule has 1 atom stereocenters. The molecule has 0 aromatic carbocycles. The van der Waals surface area contributed by atoms with E-state index in [-0.39, 0.29) is 5.60 Å². The third-order valence-corrected chi connectivity index (χ3v) is 5.75. The van der Waals surface area contributed by atoms with Gasteiger partial charge in [-0.15, -0.1) is 11.3 Å². The highest BCUT2D eigenvalue weighted by Crippen LogP contribution is 2.42. The molecule has 2 aromatic rings. The van der Waals surface area contributed by atoms with E-state index in [9.17, 15) is 0 Å². The van der Waals surface area contributed by atoms with E-state index in [0.717, 1.165) is 51.2 Å². The van der Waals surface area contributed by atoms with Crippen LogP contribution in [0.15, 0.2) is 24.0 Å². The Balaban J connectivity index is 1.26. The van der Waals surface area contributed by atoms with Crippen LogP contribution in [0.25, 0.3) is 0 Å². The Hall–Kier alpha value is -1.57. The standard InChI is InChI=1S/C17H23N5OS/c1-13-8-20-16(21-9-13)19-4-2-14-3-6-23-17(14)11-22(12-17)10-15-18-5-7-24-15/h5,7-9,14H,2-4,6,10-12H2,1H3,(H,19,20,21)/t14-/m0/s1. The van der Waals surface area contributed by atoms with Gasteiger partial charge >= 0.3 is 0 Å². The van der Waals surface area contributed by atoms with E-state index >= 15 is 0 Å². The second kappa shape index (κ2) is 6.74. The van der Waals surface area contributed by atoms with Crippen LogP contribution >= 0.6 is 11.3 Å². The van der Waals surface area contributed by atoms with Crippen molar-refractivity contribution in [3.63, 3.8) is 0 Å². The van der Waals surface area contributed by atoms with E-state index in [1.807, 2.05) is 30.9 Å². The topological polar surface area (TPSA) is 63.2 Å². The molecule has 2 aliphatic heterocycles. The van der Waals surface area contributed by atoms with Crippen molar-refractivity contribution < 1.29 is 4.74 Å². The maximum atomic E-state index is 6.14. The van der Waals surface area contributed by atoms with E-state index < -0.39 is 0 Å². The van der Waals surface area contributed by atoms with Crippen molar-refractivity contribution in [3.05, 3.63) is 34.5 Å². The van der Waals surface area contributed by atoms with E-state index in [1.165, 1.54) is 5.01 Å². The van der Waals surface area contributed by atoms with Gasteiger partial charge in [0.25, 0.3) is 0 Å². The van der Waals surface area contributed by atoms with Crippen molar-refractivity contribution in [1.29, 1.82) is 0 Å². The van der Waals surface area contributed by atoms with Crippen LogP contribution in [0, 0.1) is 12.8 Å². The number of hydrogen-bond donors (Lipinski definition) is 1. The summed E-state index contributed by atoms with van der Waals surface area (Å²) in [6.07, 6.45) is 7.82. The Morgan fingerprint density at radius 2 is 2.17 bits per heavy atom. The van der Waals surface area contributed by atoms with Crippen molar-refractivity contribution >= 4 is 17.3 Å². The molecule has 1 N–H and O–H groups in total. The molecular formula is C17H23N5OS. The minimum atomic E-state index is 0.0626. The van der Waals surface area contributed by atoms with Gasteiger partial charge in [-0.05, 0) is 31.2 Å². The highest BCUT2D eigenvalue weighted by molar-refractivity contribution is 7.09. The van der Waals surface area contributed by atoms with Crippen LogP contribution in [0.4, 0.5) is 5.95 Å². The van der Waals surface area contributed by atoms with Gasteiger partial charge < -0.3 is 10.1 Å². The highest BCUT2D eigenvalue weighted by atomic mass is 32.1. The highest BCUT2D eigenvalue weighted by Gasteiger charge is 2.52. The zero-order valence-electron chi connectivity index (χ0n) is 13.9. The summed E-state index contributed by atoms with van der Waals surface area (Å²) in [5, 5.41) is 6.57. The Morgan fingerprint density at radius 3 is 2.92 bits per heavy atom. The van der Waals surface area contributed by atoms with Crippen LogP contribution in [0.5, 0.6) is 0 Å². The van der Waals surface area contributed by atoms with Gasteiger partial charge in [-0.25, -0.2) is 15.0 Å². The van der Waals surface area contributed by atoms with Gasteiger partial charge in [0.1, 0.15) is 5.01 Å². The Labute approximate surface area is 146 Å². The number of thiazole rings is 1. The minimum Gasteiger partial charge on any atom is -0.372 e. The van der Waals surface area contributed by atoms with Crippen LogP contribution in [0.1, 0.15) is 23.4 Å². The van der Waals surface area contributed by atoms with E-state index in [2.05, 4.69) is 25.2 Å². The van der Waals surface area contributed by atoms with Crippen LogP contribution in [-0.4, -0.2) is 51.7 Å². The number of hydrogen-bond acceptors (Lipinski definition) is 7. The first kappa shape index (κ1) is 15.9. The molecule has 2 fully saturated rings. The lowest BCUT2D eigenvalue weighted by atomic mass is 9.79. The number of anilines is 1. The number of likely N-dealkylation sites (tertiary alicyclic amines) is 1. The summed E-state index contributed by atoms with van der Waals surface area (Å²) >= 11 is 1.73. The summed E-state index contributed by atoms with van der Waals surface area (Å²) in [6, 6.07) is 0. The molecule has 0 saturated carbocycles. The van der Waals surface area contributed by atoms with E-state index in [1.54, 1.807) is 11.3 Å². The molecule has 2 aliphatic rings. The molecule has 2 saturated heterocycles. The molecule has 2 aromatic heterocycles. The van der Waals surface area contributed by atoms with Gasteiger partial charge in [-0.1, -0.05) is 0 Å². The van der Waals surface area contributed by atoms with Gasteiger partial charge in [-0.2, -0.15) is 0 Å². The normalized spacial score (nSPS) is 22.6. The number of rotatable bonds is 6. The Kier molecular flexibility index (Phi) is 4.47. The van der Waals surface area contributed by atoms with E-state index in [0.29, 0.717) is 11.9 Å². The second-order valence-corrected chi connectivity index (χ2v) is 7.75. The third kappa shape index (κ3) is 3.29. The maximum absolute atomic E-state index is 6.14. The van der Waals surface area contributed by atoms with Gasteiger partial charge in [0.2, 0.25) is 5.95 Å². The summed E-state index contributed by atoms with van der Waals surface area (Å²) in [7, 11) is 0. The molecule has 0 unspecified atom stereocenters. The van der Waals surface area contributed by atoms with Crippen molar-refractivity contribution in [2.24, 2.45) is 5.92 Å². The van der Waals surface area contributed by atoms with Crippen LogP contribution in [0.3, 0.4) is 0 Å². The van der Waals surface area contributed by atoms with Gasteiger partial charge in [0.05, 0.1) is 12.1 Å². The molecule has 24 heavy (non-hydrogen) atoms. The number of aromatic nitrogens is 3. The summed E-state index contributed by atoms with van der Waals surface area (Å²) in [6.45, 7) is 6.78. The van der Waals surface area contributed by atoms with Crippen molar-refractivity contribution in [2.45, 2.75) is 31.9 Å². The Bertz CT molecular complexity index is 654. The SMILES string of the molecule is Cc1cnc(NCC[C@H]2CCOC23CN(Cc2nccs2)C3)nc1. The zero-order chi connectivity index (χ0) is 16.4. The van der Waals surface area contributed by atoms with Crippen LogP contribution in [-0.2, 0) is 11.3 Å². The molecule has 4 heterocycles. The Morgan fingerprint density at radius 1 is 1.33 bits per heavy atom. The second-order valence-electron chi connectivity index (χ2n) is 6.77. The molecule has 1 spiro atoms. The molecule has 4 rings (SSSR count). The quantitative estimate of drug-likeness (QED) is 0.867. The fourth-order valence-electron chi connectivity index (χ4n) is 3.73. The first-order valence-corrected chi connectivity index (χ1v) is 9.39. The molecule has 0 amide bonds. The van der Waals surface area contributed by atoms with Crippen LogP contribution in [0.2, 0.25) is 0 Å². The summed E-state index contributed by atoms with van der Waals surface area (Å²) in [5.41, 5.74) is 1.14.